The van der Waals surface area contributed by atoms with Gasteiger partial charge in [0.2, 0.25) is 0 Å². The summed E-state index contributed by atoms with van der Waals surface area (Å²) in [6.07, 6.45) is 5.73. The van der Waals surface area contributed by atoms with E-state index in [-0.39, 0.29) is 12.6 Å². The van der Waals surface area contributed by atoms with Gasteiger partial charge in [0.15, 0.2) is 0 Å². The molecule has 0 unspecified atom stereocenters. The Bertz CT molecular complexity index is 1240. The number of methoxy groups -OCH3 is 2. The van der Waals surface area contributed by atoms with Crippen molar-refractivity contribution in [3.05, 3.63) is 64.9 Å². The molecule has 34 heavy (non-hydrogen) atoms. The van der Waals surface area contributed by atoms with E-state index in [1.165, 1.54) is 18.7 Å². The lowest BCUT2D eigenvalue weighted by atomic mass is 9.73. The van der Waals surface area contributed by atoms with Crippen molar-refractivity contribution in [1.82, 2.24) is 15.1 Å². The Kier molecular flexibility index (Phi) is 6.25. The summed E-state index contributed by atoms with van der Waals surface area (Å²) in [7, 11) is 2.97. The third-order valence-corrected chi connectivity index (χ3v) is 6.78. The first kappa shape index (κ1) is 24.0. The molecule has 7 heteroatoms. The maximum absolute atomic E-state index is 15.1. The highest BCUT2D eigenvalue weighted by molar-refractivity contribution is 5.87. The van der Waals surface area contributed by atoms with Gasteiger partial charge in [-0.15, -0.1) is 0 Å². The van der Waals surface area contributed by atoms with Crippen molar-refractivity contribution in [2.75, 3.05) is 20.8 Å². The molecule has 2 aromatic carbocycles. The summed E-state index contributed by atoms with van der Waals surface area (Å²) in [5.74, 6) is 0.244. The number of aromatic amines is 1. The molecular formula is C27H32FN3O3. The van der Waals surface area contributed by atoms with Gasteiger partial charge in [-0.2, -0.15) is 5.10 Å². The highest BCUT2D eigenvalue weighted by Crippen LogP contribution is 2.48. The number of carbonyl (C=O) groups excluding carboxylic acids is 1. The molecule has 1 aliphatic heterocycles. The first-order chi connectivity index (χ1) is 16.1. The second kappa shape index (κ2) is 8.87. The molecule has 1 aliphatic rings. The predicted molar refractivity (Wildman–Crippen MR) is 132 cm³/mol. The number of nitrogens with one attached hydrogen (secondary N) is 1. The Morgan fingerprint density at radius 3 is 2.71 bits per heavy atom. The molecule has 180 valence electrons. The van der Waals surface area contributed by atoms with E-state index in [0.29, 0.717) is 5.75 Å². The monoisotopic (exact) mass is 465 g/mol. The molecule has 0 amide bonds. The fourth-order valence-electron chi connectivity index (χ4n) is 5.22. The highest BCUT2D eigenvalue weighted by Gasteiger charge is 2.47. The summed E-state index contributed by atoms with van der Waals surface area (Å²) in [6.45, 7) is 7.78. The van der Waals surface area contributed by atoms with Crippen molar-refractivity contribution in [2.24, 2.45) is 0 Å². The van der Waals surface area contributed by atoms with Crippen LogP contribution in [0.25, 0.3) is 17.0 Å². The lowest BCUT2D eigenvalue weighted by Crippen LogP contribution is -2.57. The number of nitrogens with zero attached hydrogens (tertiary/aromatic N) is 2. The van der Waals surface area contributed by atoms with Gasteiger partial charge in [0.05, 0.1) is 31.5 Å². The molecule has 0 saturated heterocycles. The summed E-state index contributed by atoms with van der Waals surface area (Å²) >= 11 is 0. The van der Waals surface area contributed by atoms with Gasteiger partial charge in [-0.1, -0.05) is 18.2 Å². The fourth-order valence-corrected chi connectivity index (χ4v) is 5.22. The van der Waals surface area contributed by atoms with Gasteiger partial charge in [0, 0.05) is 29.6 Å². The second-order valence-corrected chi connectivity index (χ2v) is 9.71. The van der Waals surface area contributed by atoms with E-state index in [4.69, 9.17) is 9.47 Å². The minimum absolute atomic E-state index is 0.0802. The largest absolute Gasteiger partial charge is 0.496 e. The number of carbonyl (C=O) groups is 1. The first-order valence-corrected chi connectivity index (χ1v) is 11.4. The first-order valence-electron chi connectivity index (χ1n) is 11.4. The number of hydrogen-bond acceptors (Lipinski definition) is 5. The topological polar surface area (TPSA) is 67.5 Å². The average molecular weight is 466 g/mol. The molecule has 0 bridgehead atoms. The Morgan fingerprint density at radius 2 is 2.03 bits per heavy atom. The van der Waals surface area contributed by atoms with Crippen LogP contribution in [0.5, 0.6) is 5.75 Å². The molecule has 3 aromatic rings. The number of aromatic nitrogens is 2. The summed E-state index contributed by atoms with van der Waals surface area (Å²) < 4.78 is 25.6. The highest BCUT2D eigenvalue weighted by atomic mass is 19.1. The summed E-state index contributed by atoms with van der Waals surface area (Å²) in [4.78, 5) is 13.8. The number of benzene rings is 2. The smallest absolute Gasteiger partial charge is 0.330 e. The maximum atomic E-state index is 15.1. The average Bonchev–Trinajstić information content (AvgIpc) is 3.28. The van der Waals surface area contributed by atoms with Gasteiger partial charge in [0.1, 0.15) is 11.4 Å². The Balaban J connectivity index is 1.93. The zero-order chi connectivity index (χ0) is 24.7. The van der Waals surface area contributed by atoms with Crippen LogP contribution in [0.4, 0.5) is 4.39 Å². The molecule has 6 nitrogen and oxygen atoms in total. The van der Waals surface area contributed by atoms with Gasteiger partial charge in [0.25, 0.3) is 0 Å². The molecular weight excluding hydrogens is 433 g/mol. The molecule has 0 saturated carbocycles. The van der Waals surface area contributed by atoms with Crippen molar-refractivity contribution >= 4 is 22.9 Å². The van der Waals surface area contributed by atoms with E-state index in [1.54, 1.807) is 27.0 Å². The number of ether oxygens (including phenoxy) is 2. The SMILES string of the molecule is COC(=O)/C=C/c1ccc([C@]2(C)c3ccc4[nH]ncc4c3C[C@@H](C)N2CC(C)(C)F)c(OC)c1. The molecule has 1 N–H and O–H groups in total. The summed E-state index contributed by atoms with van der Waals surface area (Å²) in [6, 6.07) is 10.1. The lowest BCUT2D eigenvalue weighted by Gasteiger charge is -2.51. The zero-order valence-corrected chi connectivity index (χ0v) is 20.6. The molecule has 2 atom stereocenters. The van der Waals surface area contributed by atoms with E-state index in [2.05, 4.69) is 35.0 Å². The number of alkyl halides is 1. The van der Waals surface area contributed by atoms with E-state index in [1.807, 2.05) is 30.5 Å². The van der Waals surface area contributed by atoms with Crippen LogP contribution in [-0.4, -0.2) is 53.5 Å². The molecule has 0 radical (unpaired) electrons. The molecule has 4 rings (SSSR count). The standard InChI is InChI=1S/C27H32FN3O3/c1-17-13-19-20-15-29-30-23(20)11-10-21(19)27(4,31(17)16-26(2,3)28)22-9-7-18(14-24(22)33-5)8-12-25(32)34-6/h7-12,14-15,17H,13,16H2,1-6H3,(H,29,30)/b12-8+/t17-,27+/m1/s1. The van der Waals surface area contributed by atoms with E-state index < -0.39 is 17.2 Å². The minimum Gasteiger partial charge on any atom is -0.496 e. The predicted octanol–water partition coefficient (Wildman–Crippen LogP) is 5.02. The lowest BCUT2D eigenvalue weighted by molar-refractivity contribution is -0.134. The van der Waals surface area contributed by atoms with E-state index in [0.717, 1.165) is 34.0 Å². The number of halogens is 1. The van der Waals surface area contributed by atoms with Gasteiger partial charge in [-0.25, -0.2) is 9.18 Å². The molecule has 1 aromatic heterocycles. The second-order valence-electron chi connectivity index (χ2n) is 9.71. The Labute approximate surface area is 199 Å². The van der Waals surface area contributed by atoms with Gasteiger partial charge in [-0.05, 0) is 69.0 Å². The number of esters is 1. The Hall–Kier alpha value is -3.19. The van der Waals surface area contributed by atoms with Crippen LogP contribution >= 0.6 is 0 Å². The van der Waals surface area contributed by atoms with E-state index >= 15 is 4.39 Å². The number of fused-ring (bicyclic) bond motifs is 3. The van der Waals surface area contributed by atoms with Crippen molar-refractivity contribution in [2.45, 2.75) is 51.4 Å². The molecule has 0 aliphatic carbocycles. The molecule has 2 heterocycles. The van der Waals surface area contributed by atoms with Crippen LogP contribution in [0, 0.1) is 0 Å². The molecule has 0 spiro atoms. The number of hydrogen-bond donors (Lipinski definition) is 1. The Morgan fingerprint density at radius 1 is 1.29 bits per heavy atom. The van der Waals surface area contributed by atoms with Crippen LogP contribution in [0.2, 0.25) is 0 Å². The van der Waals surface area contributed by atoms with Gasteiger partial charge >= 0.3 is 5.97 Å². The summed E-state index contributed by atoms with van der Waals surface area (Å²) in [5, 5.41) is 8.41. The minimum atomic E-state index is -1.39. The van der Waals surface area contributed by atoms with Crippen molar-refractivity contribution in [1.29, 1.82) is 0 Å². The van der Waals surface area contributed by atoms with Crippen molar-refractivity contribution < 1.29 is 18.7 Å². The zero-order valence-electron chi connectivity index (χ0n) is 20.6. The van der Waals surface area contributed by atoms with Crippen LogP contribution in [0.1, 0.15) is 49.9 Å². The van der Waals surface area contributed by atoms with Gasteiger partial charge in [-0.3, -0.25) is 10.00 Å². The van der Waals surface area contributed by atoms with E-state index in [9.17, 15) is 4.79 Å². The quantitative estimate of drug-likeness (QED) is 0.409. The van der Waals surface area contributed by atoms with Gasteiger partial charge < -0.3 is 9.47 Å². The summed E-state index contributed by atoms with van der Waals surface area (Å²) in [5.41, 5.74) is 3.01. The number of rotatable bonds is 6. The fraction of sp³-hybridized carbons (Fsp3) is 0.407. The maximum Gasteiger partial charge on any atom is 0.330 e. The number of H-pyrrole nitrogens is 1. The van der Waals surface area contributed by atoms with Crippen molar-refractivity contribution in [3.63, 3.8) is 0 Å². The van der Waals surface area contributed by atoms with Crippen LogP contribution in [0.15, 0.2) is 42.6 Å². The van der Waals surface area contributed by atoms with Crippen LogP contribution < -0.4 is 4.74 Å². The van der Waals surface area contributed by atoms with Crippen LogP contribution in [0.3, 0.4) is 0 Å². The van der Waals surface area contributed by atoms with Crippen molar-refractivity contribution in [3.8, 4) is 5.75 Å². The third-order valence-electron chi connectivity index (χ3n) is 6.78. The third kappa shape index (κ3) is 4.20. The normalized spacial score (nSPS) is 21.1. The van der Waals surface area contributed by atoms with Crippen LogP contribution in [-0.2, 0) is 21.5 Å². The molecule has 0 fully saturated rings.